The van der Waals surface area contributed by atoms with Gasteiger partial charge in [-0.25, -0.2) is 0 Å². The van der Waals surface area contributed by atoms with Crippen molar-refractivity contribution in [3.8, 4) is 0 Å². The molecule has 0 bridgehead atoms. The number of benzene rings is 2. The van der Waals surface area contributed by atoms with Crippen molar-refractivity contribution < 1.29 is 9.31 Å². The molecule has 1 heterocycles. The first-order valence-electron chi connectivity index (χ1n) is 10.5. The summed E-state index contributed by atoms with van der Waals surface area (Å²) in [7, 11) is -0.340. The first-order chi connectivity index (χ1) is 13.8. The summed E-state index contributed by atoms with van der Waals surface area (Å²) in [4.78, 5) is 2.31. The van der Waals surface area contributed by atoms with Gasteiger partial charge in [0.05, 0.1) is 11.2 Å². The fourth-order valence-corrected chi connectivity index (χ4v) is 3.75. The van der Waals surface area contributed by atoms with E-state index < -0.39 is 0 Å². The summed E-state index contributed by atoms with van der Waals surface area (Å²) < 4.78 is 12.4. The SMILES string of the molecule is CC1C=C(N(c2ccccc2)c2ccc(B3OC(C)(C)C(C)(C)O3)cc2)C=CC1. The van der Waals surface area contributed by atoms with Gasteiger partial charge < -0.3 is 14.2 Å². The van der Waals surface area contributed by atoms with E-state index in [1.165, 1.54) is 5.70 Å². The standard InChI is InChI=1S/C25H30BNO2/c1-19-10-9-13-23(18-19)27(21-11-7-6-8-12-21)22-16-14-20(15-17-22)26-28-24(2,3)25(4,5)29-26/h6-9,11-19H,10H2,1-5H3. The van der Waals surface area contributed by atoms with Crippen LogP contribution in [-0.2, 0) is 9.31 Å². The molecule has 2 aromatic carbocycles. The van der Waals surface area contributed by atoms with Crippen molar-refractivity contribution in [1.29, 1.82) is 0 Å². The summed E-state index contributed by atoms with van der Waals surface area (Å²) >= 11 is 0. The zero-order valence-electron chi connectivity index (χ0n) is 18.1. The van der Waals surface area contributed by atoms with Crippen molar-refractivity contribution in [2.75, 3.05) is 4.90 Å². The monoisotopic (exact) mass is 387 g/mol. The van der Waals surface area contributed by atoms with Gasteiger partial charge in [0.15, 0.2) is 0 Å². The van der Waals surface area contributed by atoms with E-state index in [-0.39, 0.29) is 18.3 Å². The summed E-state index contributed by atoms with van der Waals surface area (Å²) in [6.07, 6.45) is 7.91. The predicted octanol–water partition coefficient (Wildman–Crippen LogP) is 5.60. The molecule has 1 unspecified atom stereocenters. The van der Waals surface area contributed by atoms with Crippen LogP contribution in [0.4, 0.5) is 11.4 Å². The Morgan fingerprint density at radius 2 is 1.45 bits per heavy atom. The van der Waals surface area contributed by atoms with Crippen LogP contribution in [0, 0.1) is 5.92 Å². The topological polar surface area (TPSA) is 21.7 Å². The molecule has 0 N–H and O–H groups in total. The maximum atomic E-state index is 6.21. The Balaban J connectivity index is 1.66. The van der Waals surface area contributed by atoms with Gasteiger partial charge in [-0.15, -0.1) is 0 Å². The molecule has 0 spiro atoms. The minimum absolute atomic E-state index is 0.333. The lowest BCUT2D eigenvalue weighted by atomic mass is 9.79. The molecule has 4 heteroatoms. The summed E-state index contributed by atoms with van der Waals surface area (Å²) in [6, 6.07) is 19.1. The normalized spacial score (nSPS) is 22.4. The lowest BCUT2D eigenvalue weighted by Gasteiger charge is -2.32. The van der Waals surface area contributed by atoms with Gasteiger partial charge in [-0.1, -0.05) is 49.4 Å². The zero-order chi connectivity index (χ0) is 20.6. The average molecular weight is 387 g/mol. The van der Waals surface area contributed by atoms with Gasteiger partial charge in [-0.2, -0.15) is 0 Å². The van der Waals surface area contributed by atoms with Crippen LogP contribution < -0.4 is 10.4 Å². The first-order valence-corrected chi connectivity index (χ1v) is 10.5. The molecule has 4 rings (SSSR count). The van der Waals surface area contributed by atoms with Crippen LogP contribution in [0.3, 0.4) is 0 Å². The van der Waals surface area contributed by atoms with E-state index >= 15 is 0 Å². The number of para-hydroxylation sites is 1. The molecule has 150 valence electrons. The Morgan fingerprint density at radius 3 is 2.03 bits per heavy atom. The highest BCUT2D eigenvalue weighted by molar-refractivity contribution is 6.62. The van der Waals surface area contributed by atoms with Crippen molar-refractivity contribution in [1.82, 2.24) is 0 Å². The highest BCUT2D eigenvalue weighted by Gasteiger charge is 2.51. The lowest BCUT2D eigenvalue weighted by molar-refractivity contribution is 0.00578. The van der Waals surface area contributed by atoms with E-state index in [1.807, 2.05) is 0 Å². The highest BCUT2D eigenvalue weighted by Crippen LogP contribution is 2.37. The fraction of sp³-hybridized carbons (Fsp3) is 0.360. The second-order valence-electron chi connectivity index (χ2n) is 9.06. The largest absolute Gasteiger partial charge is 0.494 e. The minimum Gasteiger partial charge on any atom is -0.399 e. The van der Waals surface area contributed by atoms with Crippen LogP contribution in [0.25, 0.3) is 0 Å². The van der Waals surface area contributed by atoms with Gasteiger partial charge in [0.1, 0.15) is 0 Å². The van der Waals surface area contributed by atoms with Crippen LogP contribution in [0.15, 0.2) is 78.5 Å². The van der Waals surface area contributed by atoms with Gasteiger partial charge in [-0.3, -0.25) is 0 Å². The minimum atomic E-state index is -0.340. The number of nitrogens with zero attached hydrogens (tertiary/aromatic N) is 1. The Labute approximate surface area is 175 Å². The van der Waals surface area contributed by atoms with E-state index in [0.717, 1.165) is 23.3 Å². The lowest BCUT2D eigenvalue weighted by Crippen LogP contribution is -2.41. The fourth-order valence-electron chi connectivity index (χ4n) is 3.75. The predicted molar refractivity (Wildman–Crippen MR) is 122 cm³/mol. The summed E-state index contributed by atoms with van der Waals surface area (Å²) in [6.45, 7) is 10.6. The van der Waals surface area contributed by atoms with E-state index in [0.29, 0.717) is 5.92 Å². The molecule has 3 nitrogen and oxygen atoms in total. The molecular weight excluding hydrogens is 357 g/mol. The Bertz CT molecular complexity index is 900. The Hall–Kier alpha value is -2.30. The first kappa shape index (κ1) is 20.0. The van der Waals surface area contributed by atoms with E-state index in [1.54, 1.807) is 0 Å². The number of hydrogen-bond donors (Lipinski definition) is 0. The third-order valence-electron chi connectivity index (χ3n) is 6.20. The van der Waals surface area contributed by atoms with Crippen molar-refractivity contribution >= 4 is 24.0 Å². The second-order valence-corrected chi connectivity index (χ2v) is 9.06. The van der Waals surface area contributed by atoms with Crippen molar-refractivity contribution in [3.05, 3.63) is 78.5 Å². The van der Waals surface area contributed by atoms with Crippen LogP contribution in [0.5, 0.6) is 0 Å². The maximum Gasteiger partial charge on any atom is 0.494 e. The number of allylic oxidation sites excluding steroid dienone is 3. The highest BCUT2D eigenvalue weighted by atomic mass is 16.7. The number of hydrogen-bond acceptors (Lipinski definition) is 3. The average Bonchev–Trinajstić information content (AvgIpc) is 2.91. The van der Waals surface area contributed by atoms with Crippen molar-refractivity contribution in [2.24, 2.45) is 5.92 Å². The van der Waals surface area contributed by atoms with Crippen LogP contribution in [0.2, 0.25) is 0 Å². The third-order valence-corrected chi connectivity index (χ3v) is 6.20. The molecule has 0 aromatic heterocycles. The molecule has 0 amide bonds. The Morgan fingerprint density at radius 1 is 0.862 bits per heavy atom. The molecule has 1 saturated heterocycles. The molecule has 1 atom stereocenters. The van der Waals surface area contributed by atoms with Crippen molar-refractivity contribution in [3.63, 3.8) is 0 Å². The van der Waals surface area contributed by atoms with Gasteiger partial charge in [0, 0.05) is 17.1 Å². The number of rotatable bonds is 4. The van der Waals surface area contributed by atoms with Crippen molar-refractivity contribution in [2.45, 2.75) is 52.2 Å². The molecule has 0 radical (unpaired) electrons. The van der Waals surface area contributed by atoms with Crippen LogP contribution >= 0.6 is 0 Å². The molecule has 0 saturated carbocycles. The summed E-state index contributed by atoms with van der Waals surface area (Å²) in [5.41, 5.74) is 3.86. The molecule has 29 heavy (non-hydrogen) atoms. The smallest absolute Gasteiger partial charge is 0.399 e. The van der Waals surface area contributed by atoms with E-state index in [9.17, 15) is 0 Å². The second kappa shape index (κ2) is 7.51. The van der Waals surface area contributed by atoms with Crippen LogP contribution in [-0.4, -0.2) is 18.3 Å². The molecule has 2 aromatic rings. The Kier molecular flexibility index (Phi) is 5.18. The zero-order valence-corrected chi connectivity index (χ0v) is 18.1. The maximum absolute atomic E-state index is 6.21. The quantitative estimate of drug-likeness (QED) is 0.637. The molecule has 1 aliphatic carbocycles. The van der Waals surface area contributed by atoms with Gasteiger partial charge in [-0.05, 0) is 75.8 Å². The van der Waals surface area contributed by atoms with E-state index in [4.69, 9.17) is 9.31 Å². The van der Waals surface area contributed by atoms with E-state index in [2.05, 4.69) is 112 Å². The summed E-state index contributed by atoms with van der Waals surface area (Å²) in [5, 5.41) is 0. The van der Waals surface area contributed by atoms with Gasteiger partial charge >= 0.3 is 7.12 Å². The molecule has 1 aliphatic heterocycles. The number of anilines is 2. The van der Waals surface area contributed by atoms with Crippen LogP contribution in [0.1, 0.15) is 41.0 Å². The molecule has 1 fully saturated rings. The summed E-state index contributed by atoms with van der Waals surface area (Å²) in [5.74, 6) is 0.533. The molecular formula is C25H30BNO2. The molecule has 2 aliphatic rings. The van der Waals surface area contributed by atoms with Gasteiger partial charge in [0.2, 0.25) is 0 Å². The third kappa shape index (κ3) is 3.92. The van der Waals surface area contributed by atoms with Gasteiger partial charge in [0.25, 0.3) is 0 Å².